The molecule has 3 heteroatoms. The largest absolute Gasteiger partial charge is 0.344 e. The molecular weight excluding hydrogens is 128 g/mol. The first-order valence-corrected chi connectivity index (χ1v) is 2.88. The monoisotopic (exact) mass is 136 g/mol. The third-order valence-corrected chi connectivity index (χ3v) is 0.761. The SMILES string of the molecule is CC#CC(=O)NCCC#N. The topological polar surface area (TPSA) is 52.9 Å². The molecule has 0 aromatic rings. The normalized spacial score (nSPS) is 6.80. The molecule has 0 unspecified atom stereocenters. The van der Waals surface area contributed by atoms with Crippen molar-refractivity contribution < 1.29 is 4.79 Å². The first-order chi connectivity index (χ1) is 4.81. The van der Waals surface area contributed by atoms with Gasteiger partial charge in [0.1, 0.15) is 0 Å². The van der Waals surface area contributed by atoms with E-state index >= 15 is 0 Å². The molecule has 0 fully saturated rings. The van der Waals surface area contributed by atoms with Crippen LogP contribution >= 0.6 is 0 Å². The molecule has 1 N–H and O–H groups in total. The maximum absolute atomic E-state index is 10.5. The summed E-state index contributed by atoms with van der Waals surface area (Å²) in [5, 5.41) is 10.5. The zero-order valence-corrected chi connectivity index (χ0v) is 5.77. The Kier molecular flexibility index (Phi) is 4.82. The van der Waals surface area contributed by atoms with Crippen molar-refractivity contribution in [2.24, 2.45) is 0 Å². The van der Waals surface area contributed by atoms with Crippen LogP contribution in [0.5, 0.6) is 0 Å². The zero-order valence-electron chi connectivity index (χ0n) is 5.77. The average molecular weight is 136 g/mol. The maximum Gasteiger partial charge on any atom is 0.295 e. The number of nitriles is 1. The van der Waals surface area contributed by atoms with Crippen LogP contribution in [-0.4, -0.2) is 12.5 Å². The number of rotatable bonds is 2. The molecule has 10 heavy (non-hydrogen) atoms. The van der Waals surface area contributed by atoms with E-state index in [9.17, 15) is 4.79 Å². The standard InChI is InChI=1S/C7H8N2O/c1-2-4-7(10)9-6-3-5-8/h3,6H2,1H3,(H,9,10). The summed E-state index contributed by atoms with van der Waals surface area (Å²) in [6.07, 6.45) is 0.330. The van der Waals surface area contributed by atoms with Gasteiger partial charge in [0.25, 0.3) is 5.91 Å². The van der Waals surface area contributed by atoms with Crippen molar-refractivity contribution in [3.8, 4) is 17.9 Å². The Balaban J connectivity index is 3.39. The van der Waals surface area contributed by atoms with E-state index in [4.69, 9.17) is 5.26 Å². The molecule has 0 radical (unpaired) electrons. The fraction of sp³-hybridized carbons (Fsp3) is 0.429. The van der Waals surface area contributed by atoms with Crippen LogP contribution in [0.25, 0.3) is 0 Å². The summed E-state index contributed by atoms with van der Waals surface area (Å²) in [7, 11) is 0. The van der Waals surface area contributed by atoms with Gasteiger partial charge in [-0.15, -0.1) is 0 Å². The van der Waals surface area contributed by atoms with Crippen molar-refractivity contribution in [3.63, 3.8) is 0 Å². The molecule has 0 heterocycles. The van der Waals surface area contributed by atoms with Gasteiger partial charge in [0.15, 0.2) is 0 Å². The highest BCUT2D eigenvalue weighted by Crippen LogP contribution is 1.69. The Morgan fingerprint density at radius 1 is 1.70 bits per heavy atom. The Bertz CT molecular complexity index is 204. The van der Waals surface area contributed by atoms with E-state index in [0.717, 1.165) is 0 Å². The summed E-state index contributed by atoms with van der Waals surface area (Å²) in [4.78, 5) is 10.5. The lowest BCUT2D eigenvalue weighted by Gasteiger charge is -1.92. The second-order valence-electron chi connectivity index (χ2n) is 1.54. The molecule has 0 atom stereocenters. The van der Waals surface area contributed by atoms with Crippen molar-refractivity contribution in [3.05, 3.63) is 0 Å². The minimum atomic E-state index is -0.322. The van der Waals surface area contributed by atoms with E-state index in [1.807, 2.05) is 6.07 Å². The van der Waals surface area contributed by atoms with Crippen LogP contribution < -0.4 is 5.32 Å². The number of carbonyl (C=O) groups excluding carboxylic acids is 1. The van der Waals surface area contributed by atoms with Crippen LogP contribution in [0.4, 0.5) is 0 Å². The van der Waals surface area contributed by atoms with Crippen molar-refractivity contribution in [2.75, 3.05) is 6.54 Å². The van der Waals surface area contributed by atoms with Gasteiger partial charge in [0.05, 0.1) is 12.5 Å². The van der Waals surface area contributed by atoms with Crippen LogP contribution in [0.1, 0.15) is 13.3 Å². The van der Waals surface area contributed by atoms with Gasteiger partial charge in [-0.1, -0.05) is 5.92 Å². The molecule has 0 spiro atoms. The lowest BCUT2D eigenvalue weighted by molar-refractivity contribution is -0.115. The van der Waals surface area contributed by atoms with Gasteiger partial charge in [-0.25, -0.2) is 0 Å². The molecule has 0 aromatic heterocycles. The first kappa shape index (κ1) is 8.52. The molecule has 0 aliphatic carbocycles. The third-order valence-electron chi connectivity index (χ3n) is 0.761. The van der Waals surface area contributed by atoms with Crippen molar-refractivity contribution >= 4 is 5.91 Å². The molecule has 0 saturated carbocycles. The molecule has 0 saturated heterocycles. The lowest BCUT2D eigenvalue weighted by Crippen LogP contribution is -2.22. The molecule has 0 rings (SSSR count). The number of nitrogens with zero attached hydrogens (tertiary/aromatic N) is 1. The van der Waals surface area contributed by atoms with E-state index in [1.165, 1.54) is 0 Å². The highest BCUT2D eigenvalue weighted by Gasteiger charge is 1.90. The van der Waals surface area contributed by atoms with Crippen molar-refractivity contribution in [1.82, 2.24) is 5.32 Å². The molecule has 3 nitrogen and oxygen atoms in total. The molecular formula is C7H8N2O. The van der Waals surface area contributed by atoms with Gasteiger partial charge in [-0.2, -0.15) is 5.26 Å². The smallest absolute Gasteiger partial charge is 0.295 e. The van der Waals surface area contributed by atoms with Crippen LogP contribution in [0, 0.1) is 23.2 Å². The number of nitrogens with one attached hydrogen (secondary N) is 1. The van der Waals surface area contributed by atoms with E-state index in [0.29, 0.717) is 13.0 Å². The number of hydrogen-bond acceptors (Lipinski definition) is 2. The highest BCUT2D eigenvalue weighted by molar-refractivity contribution is 5.93. The van der Waals surface area contributed by atoms with Crippen LogP contribution in [0.2, 0.25) is 0 Å². The zero-order chi connectivity index (χ0) is 7.82. The van der Waals surface area contributed by atoms with Crippen LogP contribution in [-0.2, 0) is 4.79 Å². The van der Waals surface area contributed by atoms with Gasteiger partial charge in [-0.3, -0.25) is 4.79 Å². The van der Waals surface area contributed by atoms with E-state index < -0.39 is 0 Å². The third kappa shape index (κ3) is 4.67. The molecule has 0 aliphatic rings. The summed E-state index contributed by atoms with van der Waals surface area (Å²) in [5.74, 6) is 4.42. The molecule has 1 amide bonds. The summed E-state index contributed by atoms with van der Waals surface area (Å²) < 4.78 is 0. The minimum Gasteiger partial charge on any atom is -0.344 e. The van der Waals surface area contributed by atoms with Gasteiger partial charge >= 0.3 is 0 Å². The number of amides is 1. The lowest BCUT2D eigenvalue weighted by atomic mass is 10.4. The molecule has 0 aliphatic heterocycles. The average Bonchev–Trinajstić information content (AvgIpc) is 1.89. The summed E-state index contributed by atoms with van der Waals surface area (Å²) in [6.45, 7) is 1.97. The van der Waals surface area contributed by atoms with Gasteiger partial charge in [-0.05, 0) is 12.8 Å². The van der Waals surface area contributed by atoms with Crippen molar-refractivity contribution in [1.29, 1.82) is 5.26 Å². The van der Waals surface area contributed by atoms with E-state index in [2.05, 4.69) is 17.2 Å². The maximum atomic E-state index is 10.5. The summed E-state index contributed by atoms with van der Waals surface area (Å²) in [6, 6.07) is 1.90. The van der Waals surface area contributed by atoms with E-state index in [-0.39, 0.29) is 5.91 Å². The molecule has 0 aromatic carbocycles. The molecule has 52 valence electrons. The fourth-order valence-corrected chi connectivity index (χ4v) is 0.390. The Labute approximate surface area is 60.0 Å². The van der Waals surface area contributed by atoms with Gasteiger partial charge < -0.3 is 5.32 Å². The van der Waals surface area contributed by atoms with Gasteiger partial charge in [0.2, 0.25) is 0 Å². The number of carbonyl (C=O) groups is 1. The van der Waals surface area contributed by atoms with Crippen molar-refractivity contribution in [2.45, 2.75) is 13.3 Å². The predicted octanol–water partition coefficient (Wildman–Crippen LogP) is 0.0396. The Hall–Kier alpha value is -1.48. The fourth-order valence-electron chi connectivity index (χ4n) is 0.390. The predicted molar refractivity (Wildman–Crippen MR) is 36.7 cm³/mol. The highest BCUT2D eigenvalue weighted by atomic mass is 16.1. The quantitative estimate of drug-likeness (QED) is 0.430. The van der Waals surface area contributed by atoms with E-state index in [1.54, 1.807) is 6.92 Å². The Morgan fingerprint density at radius 2 is 2.40 bits per heavy atom. The molecule has 0 bridgehead atoms. The minimum absolute atomic E-state index is 0.322. The summed E-state index contributed by atoms with van der Waals surface area (Å²) in [5.41, 5.74) is 0. The van der Waals surface area contributed by atoms with Crippen LogP contribution in [0.15, 0.2) is 0 Å². The second kappa shape index (κ2) is 5.65. The van der Waals surface area contributed by atoms with Crippen LogP contribution in [0.3, 0.4) is 0 Å². The summed E-state index contributed by atoms with van der Waals surface area (Å²) >= 11 is 0. The first-order valence-electron chi connectivity index (χ1n) is 2.88. The second-order valence-corrected chi connectivity index (χ2v) is 1.54. The number of hydrogen-bond donors (Lipinski definition) is 1. The van der Waals surface area contributed by atoms with Gasteiger partial charge in [0, 0.05) is 6.54 Å². The Morgan fingerprint density at radius 3 is 2.90 bits per heavy atom.